The molecular weight excluding hydrogens is 913 g/mol. The minimum atomic E-state index is -4.71. The highest BCUT2D eigenvalue weighted by Gasteiger charge is 2.18. The number of likely N-dealkylation sites (N-methyl/N-ethyl adjacent to an activating group) is 1. The molecule has 0 aliphatic carbocycles. The molecule has 2 aromatic heterocycles. The summed E-state index contributed by atoms with van der Waals surface area (Å²) in [6.45, 7) is 9.67. The Labute approximate surface area is 396 Å². The van der Waals surface area contributed by atoms with Gasteiger partial charge in [0, 0.05) is 36.3 Å². The summed E-state index contributed by atoms with van der Waals surface area (Å²) < 4.78 is 85.8. The van der Waals surface area contributed by atoms with Gasteiger partial charge in [-0.15, -0.1) is 0 Å². The van der Waals surface area contributed by atoms with Crippen molar-refractivity contribution >= 4 is 61.6 Å². The van der Waals surface area contributed by atoms with E-state index in [4.69, 9.17) is 14.2 Å². The Balaban J connectivity index is 1.13. The summed E-state index contributed by atoms with van der Waals surface area (Å²) in [7, 11) is -7.22. The Morgan fingerprint density at radius 3 is 1.90 bits per heavy atom. The number of hydrogen-bond donors (Lipinski definition) is 6. The normalized spacial score (nSPS) is 13.3. The second-order valence-corrected chi connectivity index (χ2v) is 18.8. The fourth-order valence-corrected chi connectivity index (χ4v) is 7.68. The fraction of sp³-hybridized carbons (Fsp3) is 0.319. The van der Waals surface area contributed by atoms with Crippen molar-refractivity contribution in [2.75, 3.05) is 56.0 Å². The molecular formula is C47H56N10O9S2. The van der Waals surface area contributed by atoms with Crippen molar-refractivity contribution < 1.29 is 40.2 Å². The predicted molar refractivity (Wildman–Crippen MR) is 260 cm³/mol. The summed E-state index contributed by atoms with van der Waals surface area (Å²) in [4.78, 5) is 26.5. The molecule has 0 saturated heterocycles. The number of para-hydroxylation sites is 1. The first kappa shape index (κ1) is 51.1. The van der Waals surface area contributed by atoms with Gasteiger partial charge in [0.2, 0.25) is 17.8 Å². The maximum atomic E-state index is 12.7. The molecule has 6 N–H and O–H groups in total. The van der Waals surface area contributed by atoms with Crippen LogP contribution in [0.1, 0.15) is 60.5 Å². The quantitative estimate of drug-likeness (QED) is 0.0202. The van der Waals surface area contributed by atoms with Gasteiger partial charge >= 0.3 is 0 Å². The average molecular weight is 969 g/mol. The molecule has 0 amide bonds. The van der Waals surface area contributed by atoms with E-state index in [2.05, 4.69) is 51.2 Å². The first-order chi connectivity index (χ1) is 32.5. The van der Waals surface area contributed by atoms with Crippen molar-refractivity contribution in [1.29, 1.82) is 0 Å². The molecule has 0 radical (unpaired) electrons. The molecule has 0 spiro atoms. The molecule has 2 heterocycles. The lowest BCUT2D eigenvalue weighted by molar-refractivity contribution is -0.0325. The van der Waals surface area contributed by atoms with Gasteiger partial charge in [-0.25, -0.2) is 4.98 Å². The Morgan fingerprint density at radius 1 is 0.618 bits per heavy atom. The Hall–Kier alpha value is -6.30. The van der Waals surface area contributed by atoms with E-state index in [0.717, 1.165) is 16.8 Å². The molecule has 0 aliphatic rings. The van der Waals surface area contributed by atoms with Gasteiger partial charge in [0.05, 0.1) is 44.0 Å². The third-order valence-corrected chi connectivity index (χ3v) is 11.8. The monoisotopic (exact) mass is 968 g/mol. The van der Waals surface area contributed by atoms with E-state index in [1.807, 2.05) is 89.3 Å². The molecule has 0 aliphatic heterocycles. The van der Waals surface area contributed by atoms with Crippen LogP contribution in [-0.2, 0) is 47.3 Å². The molecule has 0 saturated carbocycles. The van der Waals surface area contributed by atoms with Gasteiger partial charge in [-0.1, -0.05) is 72.8 Å². The number of nitrogens with zero attached hydrogens (tertiary/aromatic N) is 6. The Bertz CT molecular complexity index is 2840. The minimum absolute atomic E-state index is 0.0505. The van der Waals surface area contributed by atoms with E-state index in [1.54, 1.807) is 24.3 Å². The van der Waals surface area contributed by atoms with E-state index in [-0.39, 0.29) is 70.0 Å². The maximum absolute atomic E-state index is 12.7. The van der Waals surface area contributed by atoms with E-state index in [9.17, 15) is 25.9 Å². The highest BCUT2D eigenvalue weighted by molar-refractivity contribution is 7.86. The van der Waals surface area contributed by atoms with Crippen LogP contribution < -0.4 is 21.3 Å². The minimum Gasteiger partial charge on any atom is -0.377 e. The van der Waals surface area contributed by atoms with Crippen molar-refractivity contribution in [2.24, 2.45) is 0 Å². The molecule has 19 nitrogen and oxygen atoms in total. The topological polar surface area (TPSA) is 262 Å². The number of benzene rings is 4. The molecule has 68 heavy (non-hydrogen) atoms. The van der Waals surface area contributed by atoms with E-state index < -0.39 is 20.2 Å². The number of anilines is 5. The molecule has 0 fully saturated rings. The molecule has 360 valence electrons. The standard InChI is InChI=1S/C47H56N10O9S2/c1-31(48-5)28-65-30-33(3)66-24-23-64-29-32(2)49-45-55-44(26-37-16-21-41(22-17-37)67(58,59)60)56-47(57-45)53-40-20-19-38(42(27-40)68(61,62)63)18-15-35-11-13-36(14-12-35)25-43-50-34(4)51-46(54-43)52-39-9-7-6-8-10-39/h6-22,27,31-33,48H,23-26,28-30H2,1-5H3,(H,58,59,60)(H,61,62,63)(H,50,51,52,54)(H2,49,53,55,56,57)/b18-15+. The summed E-state index contributed by atoms with van der Waals surface area (Å²) >= 11 is 0. The third-order valence-electron chi connectivity index (χ3n) is 10.0. The van der Waals surface area contributed by atoms with Crippen molar-refractivity contribution in [3.63, 3.8) is 0 Å². The lowest BCUT2D eigenvalue weighted by atomic mass is 10.1. The summed E-state index contributed by atoms with van der Waals surface area (Å²) in [5.74, 6) is 2.13. The zero-order valence-electron chi connectivity index (χ0n) is 38.3. The van der Waals surface area contributed by atoms with E-state index in [0.29, 0.717) is 56.0 Å². The Kier molecular flexibility index (Phi) is 18.1. The molecule has 4 aromatic carbocycles. The number of aromatic nitrogens is 6. The van der Waals surface area contributed by atoms with Crippen LogP contribution in [0.5, 0.6) is 0 Å². The Morgan fingerprint density at radius 2 is 1.24 bits per heavy atom. The van der Waals surface area contributed by atoms with Crippen LogP contribution in [0.25, 0.3) is 12.2 Å². The molecule has 6 rings (SSSR count). The van der Waals surface area contributed by atoms with Crippen LogP contribution in [-0.4, -0.2) is 114 Å². The molecule has 3 atom stereocenters. The third kappa shape index (κ3) is 16.5. The second-order valence-electron chi connectivity index (χ2n) is 15.9. The van der Waals surface area contributed by atoms with Gasteiger partial charge in [0.25, 0.3) is 20.2 Å². The lowest BCUT2D eigenvalue weighted by Crippen LogP contribution is -2.29. The van der Waals surface area contributed by atoms with E-state index >= 15 is 0 Å². The van der Waals surface area contributed by atoms with Crippen LogP contribution in [0.2, 0.25) is 0 Å². The van der Waals surface area contributed by atoms with Gasteiger partial charge in [-0.3, -0.25) is 9.11 Å². The number of aryl methyl sites for hydroxylation is 1. The largest absolute Gasteiger partial charge is 0.377 e. The first-order valence-corrected chi connectivity index (χ1v) is 24.6. The molecule has 21 heteroatoms. The van der Waals surface area contributed by atoms with Crippen LogP contribution >= 0.6 is 0 Å². The van der Waals surface area contributed by atoms with Gasteiger partial charge in [-0.05, 0) is 93.4 Å². The number of nitrogens with one attached hydrogen (secondary N) is 4. The average Bonchev–Trinajstić information content (AvgIpc) is 3.28. The lowest BCUT2D eigenvalue weighted by Gasteiger charge is -2.17. The van der Waals surface area contributed by atoms with Crippen molar-refractivity contribution in [2.45, 2.75) is 68.5 Å². The zero-order valence-corrected chi connectivity index (χ0v) is 40.0. The van der Waals surface area contributed by atoms with E-state index in [1.165, 1.54) is 30.3 Å². The van der Waals surface area contributed by atoms with Gasteiger partial charge in [-0.2, -0.15) is 41.8 Å². The van der Waals surface area contributed by atoms with Gasteiger partial charge < -0.3 is 35.5 Å². The van der Waals surface area contributed by atoms with Crippen LogP contribution in [0.15, 0.2) is 107 Å². The van der Waals surface area contributed by atoms with Gasteiger partial charge in [0.15, 0.2) is 0 Å². The summed E-state index contributed by atoms with van der Waals surface area (Å²) in [5.41, 5.74) is 3.71. The summed E-state index contributed by atoms with van der Waals surface area (Å²) in [6, 6.07) is 27.2. The smallest absolute Gasteiger partial charge is 0.295 e. The van der Waals surface area contributed by atoms with Crippen molar-refractivity contribution in [1.82, 2.24) is 35.2 Å². The van der Waals surface area contributed by atoms with Crippen molar-refractivity contribution in [3.05, 3.63) is 137 Å². The highest BCUT2D eigenvalue weighted by Crippen LogP contribution is 2.26. The van der Waals surface area contributed by atoms with Crippen LogP contribution in [0.3, 0.4) is 0 Å². The molecule has 3 unspecified atom stereocenters. The number of ether oxygens (including phenoxy) is 3. The summed E-state index contributed by atoms with van der Waals surface area (Å²) in [6.07, 6.45) is 3.81. The van der Waals surface area contributed by atoms with Crippen molar-refractivity contribution in [3.8, 4) is 0 Å². The summed E-state index contributed by atoms with van der Waals surface area (Å²) in [5, 5.41) is 12.6. The maximum Gasteiger partial charge on any atom is 0.295 e. The fourth-order valence-electron chi connectivity index (χ4n) is 6.49. The molecule has 6 aromatic rings. The van der Waals surface area contributed by atoms with Gasteiger partial charge in [0.1, 0.15) is 22.4 Å². The SMILES string of the molecule is CNC(C)COCC(C)OCCOCC(C)Nc1nc(Cc2ccc(S(=O)(=O)O)cc2)nc(Nc2ccc(/C=C/c3ccc(Cc4nc(C)nc(Nc5ccccc5)n4)cc3)c(S(=O)(=O)O)c2)n1. The predicted octanol–water partition coefficient (Wildman–Crippen LogP) is 6.54. The van der Waals surface area contributed by atoms with Crippen LogP contribution in [0, 0.1) is 6.92 Å². The first-order valence-electron chi connectivity index (χ1n) is 21.7. The highest BCUT2D eigenvalue weighted by atomic mass is 32.2. The number of hydrogen-bond acceptors (Lipinski definition) is 17. The number of rotatable bonds is 25. The molecule has 0 bridgehead atoms. The zero-order chi connectivity index (χ0) is 48.7. The second kappa shape index (κ2) is 24.1. The van der Waals surface area contributed by atoms with Crippen LogP contribution in [0.4, 0.5) is 29.2 Å².